The summed E-state index contributed by atoms with van der Waals surface area (Å²) in [7, 11) is 0. The van der Waals surface area contributed by atoms with Crippen LogP contribution in [0.15, 0.2) is 30.5 Å². The number of ether oxygens (including phenoxy) is 1. The maximum absolute atomic E-state index is 13.2. The van der Waals surface area contributed by atoms with Crippen molar-refractivity contribution < 1.29 is 14.3 Å². The van der Waals surface area contributed by atoms with E-state index < -0.39 is 0 Å². The van der Waals surface area contributed by atoms with Crippen LogP contribution >= 0.6 is 0 Å². The van der Waals surface area contributed by atoms with Gasteiger partial charge in [-0.2, -0.15) is 0 Å². The molecule has 0 atom stereocenters. The number of morpholine rings is 1. The van der Waals surface area contributed by atoms with Gasteiger partial charge in [-0.3, -0.25) is 19.5 Å². The minimum Gasteiger partial charge on any atom is -0.378 e. The van der Waals surface area contributed by atoms with Crippen LogP contribution in [0.5, 0.6) is 0 Å². The molecule has 0 aromatic carbocycles. The minimum atomic E-state index is 0.0690. The van der Waals surface area contributed by atoms with Gasteiger partial charge in [-0.05, 0) is 32.0 Å². The quantitative estimate of drug-likeness (QED) is 0.719. The lowest BCUT2D eigenvalue weighted by Gasteiger charge is -2.36. The summed E-state index contributed by atoms with van der Waals surface area (Å²) in [5, 5.41) is 0. The van der Waals surface area contributed by atoms with Crippen molar-refractivity contribution in [2.45, 2.75) is 20.4 Å². The Balaban J connectivity index is 1.34. The molecule has 4 rings (SSSR count). The van der Waals surface area contributed by atoms with Crippen molar-refractivity contribution in [1.82, 2.24) is 24.3 Å². The van der Waals surface area contributed by atoms with Gasteiger partial charge in [-0.15, -0.1) is 0 Å². The molecule has 2 saturated heterocycles. The molecule has 166 valence electrons. The van der Waals surface area contributed by atoms with E-state index in [0.29, 0.717) is 65.6 Å². The lowest BCUT2D eigenvalue weighted by molar-refractivity contribution is -0.136. The molecule has 2 aromatic heterocycles. The van der Waals surface area contributed by atoms with Crippen LogP contribution in [0.3, 0.4) is 0 Å². The fourth-order valence-corrected chi connectivity index (χ4v) is 4.30. The molecule has 2 aliphatic rings. The number of carbonyl (C=O) groups excluding carboxylic acids is 2. The Kier molecular flexibility index (Phi) is 6.67. The molecular weight excluding hydrogens is 394 g/mol. The molecule has 0 N–H and O–H groups in total. The third-order valence-corrected chi connectivity index (χ3v) is 6.23. The van der Waals surface area contributed by atoms with Gasteiger partial charge in [0.15, 0.2) is 0 Å². The molecule has 0 radical (unpaired) electrons. The van der Waals surface area contributed by atoms with E-state index in [-0.39, 0.29) is 11.8 Å². The minimum absolute atomic E-state index is 0.0690. The van der Waals surface area contributed by atoms with E-state index in [9.17, 15) is 9.59 Å². The first kappa shape index (κ1) is 21.5. The highest BCUT2D eigenvalue weighted by atomic mass is 16.5. The zero-order valence-corrected chi connectivity index (χ0v) is 18.4. The number of nitrogens with zero attached hydrogens (tertiary/aromatic N) is 5. The average Bonchev–Trinajstić information content (AvgIpc) is 3.08. The van der Waals surface area contributed by atoms with E-state index in [2.05, 4.69) is 14.5 Å². The van der Waals surface area contributed by atoms with E-state index >= 15 is 0 Å². The molecule has 2 aliphatic heterocycles. The van der Waals surface area contributed by atoms with Crippen LogP contribution < -0.4 is 0 Å². The van der Waals surface area contributed by atoms with Crippen LogP contribution in [0.2, 0.25) is 0 Å². The predicted octanol–water partition coefficient (Wildman–Crippen LogP) is 1.16. The molecule has 0 bridgehead atoms. The molecular formula is C23H31N5O3. The maximum Gasteiger partial charge on any atom is 0.255 e. The SMILES string of the molecule is Cc1cc(C(=O)N2CCN(CC(=O)N3CCOCC3)CC2)c(C)n1Cc1ccccn1. The second kappa shape index (κ2) is 9.62. The Bertz CT molecular complexity index is 913. The monoisotopic (exact) mass is 425 g/mol. The molecule has 0 unspecified atom stereocenters. The van der Waals surface area contributed by atoms with Crippen molar-refractivity contribution in [3.63, 3.8) is 0 Å². The first-order valence-electron chi connectivity index (χ1n) is 11.0. The maximum atomic E-state index is 13.2. The molecule has 31 heavy (non-hydrogen) atoms. The van der Waals surface area contributed by atoms with E-state index in [1.54, 1.807) is 6.20 Å². The number of rotatable bonds is 5. The van der Waals surface area contributed by atoms with Gasteiger partial charge in [0.2, 0.25) is 5.91 Å². The van der Waals surface area contributed by atoms with Crippen LogP contribution in [-0.2, 0) is 16.1 Å². The molecule has 8 heteroatoms. The smallest absolute Gasteiger partial charge is 0.255 e. The third kappa shape index (κ3) is 4.97. The predicted molar refractivity (Wildman–Crippen MR) is 117 cm³/mol. The summed E-state index contributed by atoms with van der Waals surface area (Å²) >= 11 is 0. The topological polar surface area (TPSA) is 70.9 Å². The molecule has 4 heterocycles. The number of piperazine rings is 1. The summed E-state index contributed by atoms with van der Waals surface area (Å²) < 4.78 is 7.46. The van der Waals surface area contributed by atoms with Gasteiger partial charge in [0.05, 0.1) is 37.6 Å². The lowest BCUT2D eigenvalue weighted by Crippen LogP contribution is -2.52. The Morgan fingerprint density at radius 1 is 1.00 bits per heavy atom. The summed E-state index contributed by atoms with van der Waals surface area (Å²) in [6.07, 6.45) is 1.79. The second-order valence-electron chi connectivity index (χ2n) is 8.25. The van der Waals surface area contributed by atoms with Crippen LogP contribution in [0.25, 0.3) is 0 Å². The summed E-state index contributed by atoms with van der Waals surface area (Å²) in [6.45, 7) is 10.4. The van der Waals surface area contributed by atoms with Crippen LogP contribution in [0.4, 0.5) is 0 Å². The fraction of sp³-hybridized carbons (Fsp3) is 0.522. The van der Waals surface area contributed by atoms with Gasteiger partial charge in [0.1, 0.15) is 0 Å². The zero-order valence-electron chi connectivity index (χ0n) is 18.4. The number of hydrogen-bond donors (Lipinski definition) is 0. The van der Waals surface area contributed by atoms with E-state index in [1.165, 1.54) is 0 Å². The molecule has 0 saturated carbocycles. The largest absolute Gasteiger partial charge is 0.378 e. The lowest BCUT2D eigenvalue weighted by atomic mass is 10.2. The molecule has 2 aromatic rings. The van der Waals surface area contributed by atoms with Crippen LogP contribution in [0, 0.1) is 13.8 Å². The highest BCUT2D eigenvalue weighted by Gasteiger charge is 2.27. The highest BCUT2D eigenvalue weighted by molar-refractivity contribution is 5.95. The third-order valence-electron chi connectivity index (χ3n) is 6.23. The number of pyridine rings is 1. The first-order chi connectivity index (χ1) is 15.0. The highest BCUT2D eigenvalue weighted by Crippen LogP contribution is 2.19. The van der Waals surface area contributed by atoms with Gasteiger partial charge >= 0.3 is 0 Å². The summed E-state index contributed by atoms with van der Waals surface area (Å²) in [6, 6.07) is 7.86. The normalized spacial score (nSPS) is 17.7. The Labute approximate surface area is 183 Å². The zero-order chi connectivity index (χ0) is 21.8. The second-order valence-corrected chi connectivity index (χ2v) is 8.25. The Hall–Kier alpha value is -2.71. The van der Waals surface area contributed by atoms with Gasteiger partial charge in [-0.25, -0.2) is 0 Å². The van der Waals surface area contributed by atoms with E-state index in [0.717, 1.165) is 22.6 Å². The van der Waals surface area contributed by atoms with Crippen molar-refractivity contribution in [2.24, 2.45) is 0 Å². The molecule has 8 nitrogen and oxygen atoms in total. The van der Waals surface area contributed by atoms with Gasteiger partial charge in [0, 0.05) is 56.9 Å². The molecule has 2 amide bonds. The van der Waals surface area contributed by atoms with Gasteiger partial charge < -0.3 is 19.1 Å². The van der Waals surface area contributed by atoms with Crippen LogP contribution in [0.1, 0.15) is 27.4 Å². The fourth-order valence-electron chi connectivity index (χ4n) is 4.30. The molecule has 0 aliphatic carbocycles. The van der Waals surface area contributed by atoms with Crippen molar-refractivity contribution in [1.29, 1.82) is 0 Å². The average molecular weight is 426 g/mol. The van der Waals surface area contributed by atoms with Gasteiger partial charge in [0.25, 0.3) is 5.91 Å². The number of carbonyl (C=O) groups is 2. The molecule has 2 fully saturated rings. The number of aryl methyl sites for hydroxylation is 1. The van der Waals surface area contributed by atoms with Gasteiger partial charge in [-0.1, -0.05) is 6.07 Å². The molecule has 0 spiro atoms. The Morgan fingerprint density at radius 2 is 1.74 bits per heavy atom. The summed E-state index contributed by atoms with van der Waals surface area (Å²) in [4.78, 5) is 36.0. The first-order valence-corrected chi connectivity index (χ1v) is 11.0. The van der Waals surface area contributed by atoms with Crippen molar-refractivity contribution in [3.8, 4) is 0 Å². The van der Waals surface area contributed by atoms with Crippen molar-refractivity contribution >= 4 is 11.8 Å². The van der Waals surface area contributed by atoms with Crippen LogP contribution in [-0.4, -0.2) is 95.1 Å². The van der Waals surface area contributed by atoms with Crippen molar-refractivity contribution in [3.05, 3.63) is 53.1 Å². The number of amides is 2. The van der Waals surface area contributed by atoms with E-state index in [4.69, 9.17) is 4.74 Å². The summed E-state index contributed by atoms with van der Waals surface area (Å²) in [5.41, 5.74) is 3.76. The number of hydrogen-bond acceptors (Lipinski definition) is 5. The van der Waals surface area contributed by atoms with Crippen molar-refractivity contribution in [2.75, 3.05) is 59.0 Å². The standard InChI is InChI=1S/C23H31N5O3/c1-18-15-21(19(2)28(18)16-20-5-3-4-6-24-20)23(30)27-9-7-25(8-10-27)17-22(29)26-11-13-31-14-12-26/h3-6,15H,7-14,16-17H2,1-2H3. The Morgan fingerprint density at radius 3 is 2.42 bits per heavy atom. The number of aromatic nitrogens is 2. The summed E-state index contributed by atoms with van der Waals surface area (Å²) in [5.74, 6) is 0.223. The van der Waals surface area contributed by atoms with E-state index in [1.807, 2.05) is 47.9 Å².